The van der Waals surface area contributed by atoms with Crippen molar-refractivity contribution in [2.75, 3.05) is 11.9 Å². The normalized spacial score (nSPS) is 16.9. The Morgan fingerprint density at radius 3 is 2.73 bits per heavy atom. The van der Waals surface area contributed by atoms with Crippen molar-refractivity contribution in [2.24, 2.45) is 0 Å². The molecule has 2 heterocycles. The van der Waals surface area contributed by atoms with Crippen molar-refractivity contribution in [2.45, 2.75) is 25.3 Å². The van der Waals surface area contributed by atoms with Gasteiger partial charge in [-0.1, -0.05) is 6.42 Å². The molecule has 0 aliphatic carbocycles. The Morgan fingerprint density at radius 2 is 2.00 bits per heavy atom. The zero-order valence-electron chi connectivity index (χ0n) is 14.0. The van der Waals surface area contributed by atoms with Crippen LogP contribution in [0.5, 0.6) is 0 Å². The maximum Gasteiger partial charge on any atom is 0.241 e. The number of hydrogen-bond donors (Lipinski definition) is 2. The molecule has 0 bridgehead atoms. The minimum absolute atomic E-state index is 0. The average molecular weight is 376 g/mol. The molecule has 1 aliphatic heterocycles. The van der Waals surface area contributed by atoms with E-state index in [9.17, 15) is 9.18 Å². The van der Waals surface area contributed by atoms with E-state index in [0.29, 0.717) is 28.2 Å². The highest BCUT2D eigenvalue weighted by atomic mass is 35.5. The minimum atomic E-state index is -0.304. The number of nitrogens with one attached hydrogen (secondary N) is 2. The van der Waals surface area contributed by atoms with Gasteiger partial charge in [0, 0.05) is 17.3 Å². The predicted molar refractivity (Wildman–Crippen MR) is 101 cm³/mol. The monoisotopic (exact) mass is 375 g/mol. The van der Waals surface area contributed by atoms with E-state index in [1.54, 1.807) is 30.3 Å². The number of benzene rings is 2. The summed E-state index contributed by atoms with van der Waals surface area (Å²) in [5.41, 5.74) is 2.64. The molecule has 7 heteroatoms. The molecule has 1 amide bonds. The molecule has 1 saturated heterocycles. The first kappa shape index (κ1) is 18.4. The summed E-state index contributed by atoms with van der Waals surface area (Å²) in [4.78, 5) is 16.7. The van der Waals surface area contributed by atoms with Gasteiger partial charge in [-0.2, -0.15) is 0 Å². The van der Waals surface area contributed by atoms with Crippen molar-refractivity contribution in [3.63, 3.8) is 0 Å². The summed E-state index contributed by atoms with van der Waals surface area (Å²) in [5.74, 6) is 0.0888. The first-order chi connectivity index (χ1) is 12.2. The molecule has 1 aliphatic rings. The van der Waals surface area contributed by atoms with Crippen molar-refractivity contribution < 1.29 is 13.6 Å². The zero-order valence-corrected chi connectivity index (χ0v) is 14.8. The number of aromatic nitrogens is 1. The van der Waals surface area contributed by atoms with Gasteiger partial charge in [-0.3, -0.25) is 4.79 Å². The van der Waals surface area contributed by atoms with Crippen LogP contribution in [0.15, 0.2) is 46.9 Å². The van der Waals surface area contributed by atoms with Crippen molar-refractivity contribution in [3.05, 3.63) is 48.3 Å². The molecule has 1 fully saturated rings. The Hall–Kier alpha value is -2.44. The molecule has 0 radical (unpaired) electrons. The van der Waals surface area contributed by atoms with Gasteiger partial charge in [-0.15, -0.1) is 12.4 Å². The average Bonchev–Trinajstić information content (AvgIpc) is 3.06. The number of hydrogen-bond acceptors (Lipinski definition) is 4. The molecular weight excluding hydrogens is 357 g/mol. The molecule has 2 aromatic carbocycles. The molecule has 26 heavy (non-hydrogen) atoms. The summed E-state index contributed by atoms with van der Waals surface area (Å²) >= 11 is 0. The first-order valence-electron chi connectivity index (χ1n) is 8.40. The molecule has 0 saturated carbocycles. The summed E-state index contributed by atoms with van der Waals surface area (Å²) in [5, 5.41) is 6.15. The SMILES string of the molecule is Cl.O=C(Nc1ccc2nc(-c3ccc(F)cc3)oc2c1)C1CCCCN1. The second-order valence-electron chi connectivity index (χ2n) is 6.20. The molecule has 1 atom stereocenters. The van der Waals surface area contributed by atoms with E-state index in [4.69, 9.17) is 4.42 Å². The molecule has 2 N–H and O–H groups in total. The number of rotatable bonds is 3. The van der Waals surface area contributed by atoms with E-state index in [1.165, 1.54) is 12.1 Å². The fourth-order valence-corrected chi connectivity index (χ4v) is 3.02. The van der Waals surface area contributed by atoms with Gasteiger partial charge in [-0.25, -0.2) is 9.37 Å². The molecule has 1 aromatic heterocycles. The Balaban J connectivity index is 0.00000196. The van der Waals surface area contributed by atoms with Crippen molar-refractivity contribution in [1.82, 2.24) is 10.3 Å². The molecule has 3 aromatic rings. The molecule has 0 spiro atoms. The number of anilines is 1. The lowest BCUT2D eigenvalue weighted by Gasteiger charge is -2.22. The van der Waals surface area contributed by atoms with E-state index >= 15 is 0 Å². The lowest BCUT2D eigenvalue weighted by molar-refractivity contribution is -0.118. The number of carbonyl (C=O) groups is 1. The molecule has 136 valence electrons. The van der Waals surface area contributed by atoms with Gasteiger partial charge < -0.3 is 15.1 Å². The third-order valence-corrected chi connectivity index (χ3v) is 4.37. The Bertz CT molecular complexity index is 905. The number of carbonyl (C=O) groups excluding carboxylic acids is 1. The van der Waals surface area contributed by atoms with Crippen LogP contribution in [-0.4, -0.2) is 23.5 Å². The summed E-state index contributed by atoms with van der Waals surface area (Å²) in [7, 11) is 0. The van der Waals surface area contributed by atoms with E-state index in [0.717, 1.165) is 25.8 Å². The number of halogens is 2. The van der Waals surface area contributed by atoms with Gasteiger partial charge in [0.2, 0.25) is 11.8 Å². The van der Waals surface area contributed by atoms with Crippen LogP contribution in [0.1, 0.15) is 19.3 Å². The van der Waals surface area contributed by atoms with E-state index in [1.807, 2.05) is 0 Å². The third-order valence-electron chi connectivity index (χ3n) is 4.37. The Labute approximate surface area is 156 Å². The third kappa shape index (κ3) is 3.86. The van der Waals surface area contributed by atoms with Gasteiger partial charge in [0.05, 0.1) is 6.04 Å². The van der Waals surface area contributed by atoms with Crippen LogP contribution in [0.25, 0.3) is 22.6 Å². The quantitative estimate of drug-likeness (QED) is 0.722. The van der Waals surface area contributed by atoms with Crippen molar-refractivity contribution in [1.29, 1.82) is 0 Å². The van der Waals surface area contributed by atoms with Crippen LogP contribution in [0, 0.1) is 5.82 Å². The molecular formula is C19H19ClFN3O2. The minimum Gasteiger partial charge on any atom is -0.436 e. The highest BCUT2D eigenvalue weighted by Gasteiger charge is 2.20. The largest absolute Gasteiger partial charge is 0.436 e. The number of amides is 1. The standard InChI is InChI=1S/C19H18FN3O2.ClH/c20-13-6-4-12(5-7-13)19-23-15-9-8-14(11-17(15)25-19)22-18(24)16-3-1-2-10-21-16;/h4-9,11,16,21H,1-3,10H2,(H,22,24);1H. The first-order valence-corrected chi connectivity index (χ1v) is 8.40. The lowest BCUT2D eigenvalue weighted by atomic mass is 10.0. The smallest absolute Gasteiger partial charge is 0.241 e. The van der Waals surface area contributed by atoms with Gasteiger partial charge in [0.25, 0.3) is 0 Å². The summed E-state index contributed by atoms with van der Waals surface area (Å²) in [6.45, 7) is 0.875. The van der Waals surface area contributed by atoms with Crippen LogP contribution in [0.4, 0.5) is 10.1 Å². The van der Waals surface area contributed by atoms with E-state index in [-0.39, 0.29) is 30.2 Å². The summed E-state index contributed by atoms with van der Waals surface area (Å²) < 4.78 is 18.8. The Morgan fingerprint density at radius 1 is 1.19 bits per heavy atom. The van der Waals surface area contributed by atoms with E-state index in [2.05, 4.69) is 15.6 Å². The van der Waals surface area contributed by atoms with Gasteiger partial charge >= 0.3 is 0 Å². The second kappa shape index (κ2) is 7.85. The second-order valence-corrected chi connectivity index (χ2v) is 6.20. The highest BCUT2D eigenvalue weighted by Crippen LogP contribution is 2.26. The number of oxazole rings is 1. The number of fused-ring (bicyclic) bond motifs is 1. The van der Waals surface area contributed by atoms with Crippen LogP contribution < -0.4 is 10.6 Å². The van der Waals surface area contributed by atoms with Crippen LogP contribution in [0.3, 0.4) is 0 Å². The summed E-state index contributed by atoms with van der Waals surface area (Å²) in [6.07, 6.45) is 3.03. The number of nitrogens with zero attached hydrogens (tertiary/aromatic N) is 1. The van der Waals surface area contributed by atoms with Crippen LogP contribution in [-0.2, 0) is 4.79 Å². The van der Waals surface area contributed by atoms with Gasteiger partial charge in [0.1, 0.15) is 11.3 Å². The fraction of sp³-hybridized carbons (Fsp3) is 0.263. The fourth-order valence-electron chi connectivity index (χ4n) is 3.02. The molecule has 4 rings (SSSR count). The molecule has 5 nitrogen and oxygen atoms in total. The topological polar surface area (TPSA) is 67.2 Å². The van der Waals surface area contributed by atoms with Crippen LogP contribution >= 0.6 is 12.4 Å². The van der Waals surface area contributed by atoms with Crippen molar-refractivity contribution >= 4 is 35.1 Å². The summed E-state index contributed by atoms with van der Waals surface area (Å²) in [6, 6.07) is 11.2. The lowest BCUT2D eigenvalue weighted by Crippen LogP contribution is -2.43. The number of piperidine rings is 1. The van der Waals surface area contributed by atoms with Gasteiger partial charge in [-0.05, 0) is 55.8 Å². The van der Waals surface area contributed by atoms with Crippen molar-refractivity contribution in [3.8, 4) is 11.5 Å². The highest BCUT2D eigenvalue weighted by molar-refractivity contribution is 5.96. The maximum atomic E-state index is 13.0. The van der Waals surface area contributed by atoms with E-state index < -0.39 is 0 Å². The Kier molecular flexibility index (Phi) is 5.54. The maximum absolute atomic E-state index is 13.0. The molecule has 1 unspecified atom stereocenters. The van der Waals surface area contributed by atoms with Gasteiger partial charge in [0.15, 0.2) is 5.58 Å². The van der Waals surface area contributed by atoms with Crippen LogP contribution in [0.2, 0.25) is 0 Å². The zero-order chi connectivity index (χ0) is 17.2. The predicted octanol–water partition coefficient (Wildman–Crippen LogP) is 4.14.